The zero-order valence-electron chi connectivity index (χ0n) is 8.61. The van der Waals surface area contributed by atoms with E-state index in [2.05, 4.69) is 9.97 Å². The Hall–Kier alpha value is -1.45. The molecule has 0 aliphatic heterocycles. The van der Waals surface area contributed by atoms with Gasteiger partial charge < -0.3 is 5.11 Å². The van der Waals surface area contributed by atoms with Crippen LogP contribution in [0.5, 0.6) is 0 Å². The molecule has 1 rings (SSSR count). The van der Waals surface area contributed by atoms with Gasteiger partial charge in [0.1, 0.15) is 5.82 Å². The van der Waals surface area contributed by atoms with Crippen molar-refractivity contribution in [1.29, 1.82) is 0 Å². The van der Waals surface area contributed by atoms with Crippen molar-refractivity contribution in [3.63, 3.8) is 0 Å². The molecule has 1 aromatic heterocycles. The van der Waals surface area contributed by atoms with Crippen molar-refractivity contribution in [2.24, 2.45) is 0 Å². The number of carboxylic acid groups (broad SMARTS) is 1. The van der Waals surface area contributed by atoms with Gasteiger partial charge in [0.2, 0.25) is 0 Å². The van der Waals surface area contributed by atoms with Crippen LogP contribution in [0.2, 0.25) is 0 Å². The number of aromatic nitrogens is 2. The van der Waals surface area contributed by atoms with Crippen molar-refractivity contribution in [2.75, 3.05) is 0 Å². The Kier molecular flexibility index (Phi) is 3.17. The van der Waals surface area contributed by atoms with Crippen molar-refractivity contribution < 1.29 is 9.90 Å². The zero-order chi connectivity index (χ0) is 10.7. The molecule has 0 saturated carbocycles. The van der Waals surface area contributed by atoms with Gasteiger partial charge in [-0.1, -0.05) is 6.92 Å². The molecule has 0 radical (unpaired) electrons. The predicted molar refractivity (Wildman–Crippen MR) is 52.2 cm³/mol. The molecule has 0 aliphatic carbocycles. The molecule has 0 aromatic carbocycles. The Morgan fingerprint density at radius 1 is 1.50 bits per heavy atom. The number of rotatable bonds is 3. The van der Waals surface area contributed by atoms with Crippen LogP contribution in [0.1, 0.15) is 36.5 Å². The third-order valence-electron chi connectivity index (χ3n) is 1.97. The summed E-state index contributed by atoms with van der Waals surface area (Å²) in [5.74, 6) is -0.170. The van der Waals surface area contributed by atoms with Gasteiger partial charge >= 0.3 is 5.97 Å². The van der Waals surface area contributed by atoms with Gasteiger partial charge in [0.15, 0.2) is 0 Å². The summed E-state index contributed by atoms with van der Waals surface area (Å²) in [4.78, 5) is 18.9. The molecule has 4 heteroatoms. The van der Waals surface area contributed by atoms with Gasteiger partial charge in [-0.15, -0.1) is 0 Å². The van der Waals surface area contributed by atoms with Crippen LogP contribution in [-0.4, -0.2) is 21.0 Å². The maximum atomic E-state index is 10.5. The van der Waals surface area contributed by atoms with Crippen LogP contribution in [0, 0.1) is 13.8 Å². The van der Waals surface area contributed by atoms with Crippen LogP contribution in [0.3, 0.4) is 0 Å². The highest BCUT2D eigenvalue weighted by atomic mass is 16.4. The average molecular weight is 194 g/mol. The summed E-state index contributed by atoms with van der Waals surface area (Å²) in [7, 11) is 0. The smallest absolute Gasteiger partial charge is 0.304 e. The third-order valence-corrected chi connectivity index (χ3v) is 1.97. The van der Waals surface area contributed by atoms with Crippen molar-refractivity contribution in [3.05, 3.63) is 23.3 Å². The van der Waals surface area contributed by atoms with Gasteiger partial charge in [0, 0.05) is 17.3 Å². The second kappa shape index (κ2) is 4.17. The summed E-state index contributed by atoms with van der Waals surface area (Å²) in [5.41, 5.74) is 1.68. The van der Waals surface area contributed by atoms with E-state index in [9.17, 15) is 4.79 Å². The molecule has 1 unspecified atom stereocenters. The molecule has 0 spiro atoms. The Balaban J connectivity index is 2.89. The van der Waals surface area contributed by atoms with E-state index < -0.39 is 5.97 Å². The largest absolute Gasteiger partial charge is 0.481 e. The first kappa shape index (κ1) is 10.6. The monoisotopic (exact) mass is 194 g/mol. The van der Waals surface area contributed by atoms with Crippen LogP contribution in [0.15, 0.2) is 6.07 Å². The summed E-state index contributed by atoms with van der Waals surface area (Å²) in [5, 5.41) is 8.64. The fraction of sp³-hybridized carbons (Fsp3) is 0.500. The number of aliphatic carboxylic acids is 1. The lowest BCUT2D eigenvalue weighted by Crippen LogP contribution is -2.06. The summed E-state index contributed by atoms with van der Waals surface area (Å²) < 4.78 is 0. The normalized spacial score (nSPS) is 12.5. The maximum absolute atomic E-state index is 10.5. The van der Waals surface area contributed by atoms with Gasteiger partial charge in [-0.25, -0.2) is 9.97 Å². The summed E-state index contributed by atoms with van der Waals surface area (Å²) in [6, 6.07) is 1.83. The molecule has 4 nitrogen and oxygen atoms in total. The molecule has 0 amide bonds. The summed E-state index contributed by atoms with van der Waals surface area (Å²) in [6.45, 7) is 5.55. The number of nitrogens with zero attached hydrogens (tertiary/aromatic N) is 2. The second-order valence-corrected chi connectivity index (χ2v) is 3.48. The first-order chi connectivity index (χ1) is 6.49. The number of carboxylic acids is 1. The minimum atomic E-state index is -0.800. The molecule has 14 heavy (non-hydrogen) atoms. The molecule has 76 valence electrons. The van der Waals surface area contributed by atoms with Crippen LogP contribution < -0.4 is 0 Å². The highest BCUT2D eigenvalue weighted by molar-refractivity contribution is 5.67. The molecule has 1 atom stereocenters. The number of hydrogen-bond donors (Lipinski definition) is 1. The lowest BCUT2D eigenvalue weighted by molar-refractivity contribution is -0.137. The number of hydrogen-bond acceptors (Lipinski definition) is 3. The van der Waals surface area contributed by atoms with Crippen LogP contribution in [0.4, 0.5) is 0 Å². The van der Waals surface area contributed by atoms with E-state index >= 15 is 0 Å². The average Bonchev–Trinajstić information content (AvgIpc) is 2.00. The first-order valence-corrected chi connectivity index (χ1v) is 4.53. The van der Waals surface area contributed by atoms with Gasteiger partial charge in [-0.2, -0.15) is 0 Å². The second-order valence-electron chi connectivity index (χ2n) is 3.48. The van der Waals surface area contributed by atoms with Crippen LogP contribution in [0.25, 0.3) is 0 Å². The van der Waals surface area contributed by atoms with E-state index in [0.29, 0.717) is 5.82 Å². The maximum Gasteiger partial charge on any atom is 0.304 e. The molecular formula is C10H14N2O2. The van der Waals surface area contributed by atoms with E-state index in [-0.39, 0.29) is 12.3 Å². The molecule has 0 aliphatic rings. The van der Waals surface area contributed by atoms with E-state index in [1.807, 2.05) is 26.8 Å². The number of carbonyl (C=O) groups is 1. The zero-order valence-corrected chi connectivity index (χ0v) is 8.61. The fourth-order valence-corrected chi connectivity index (χ4v) is 1.36. The minimum absolute atomic E-state index is 0.0621. The summed E-state index contributed by atoms with van der Waals surface area (Å²) in [6.07, 6.45) is 0.107. The Bertz CT molecular complexity index is 330. The highest BCUT2D eigenvalue weighted by Crippen LogP contribution is 2.17. The molecule has 1 N–H and O–H groups in total. The SMILES string of the molecule is Cc1cc(C(C)CC(=O)O)nc(C)n1. The molecule has 0 saturated heterocycles. The predicted octanol–water partition coefficient (Wildman–Crippen LogP) is 1.67. The Labute approximate surface area is 83.0 Å². The van der Waals surface area contributed by atoms with Gasteiger partial charge in [-0.05, 0) is 19.9 Å². The van der Waals surface area contributed by atoms with Crippen LogP contribution >= 0.6 is 0 Å². The quantitative estimate of drug-likeness (QED) is 0.795. The van der Waals surface area contributed by atoms with Crippen molar-refractivity contribution >= 4 is 5.97 Å². The molecule has 1 aromatic rings. The lowest BCUT2D eigenvalue weighted by Gasteiger charge is -2.09. The fourth-order valence-electron chi connectivity index (χ4n) is 1.36. The van der Waals surface area contributed by atoms with E-state index in [4.69, 9.17) is 5.11 Å². The molecule has 1 heterocycles. The van der Waals surface area contributed by atoms with Crippen molar-refractivity contribution in [1.82, 2.24) is 9.97 Å². The first-order valence-electron chi connectivity index (χ1n) is 4.53. The topological polar surface area (TPSA) is 63.1 Å². The summed E-state index contributed by atoms with van der Waals surface area (Å²) >= 11 is 0. The van der Waals surface area contributed by atoms with Gasteiger partial charge in [0.05, 0.1) is 6.42 Å². The highest BCUT2D eigenvalue weighted by Gasteiger charge is 2.12. The standard InChI is InChI=1S/C10H14N2O2/c1-6(4-10(13)14)9-5-7(2)11-8(3)12-9/h5-6H,4H2,1-3H3,(H,13,14). The van der Waals surface area contributed by atoms with E-state index in [1.165, 1.54) is 0 Å². The van der Waals surface area contributed by atoms with E-state index in [0.717, 1.165) is 11.4 Å². The van der Waals surface area contributed by atoms with Crippen LogP contribution in [-0.2, 0) is 4.79 Å². The van der Waals surface area contributed by atoms with Crippen molar-refractivity contribution in [2.45, 2.75) is 33.1 Å². The molecular weight excluding hydrogens is 180 g/mol. The van der Waals surface area contributed by atoms with Crippen molar-refractivity contribution in [3.8, 4) is 0 Å². The lowest BCUT2D eigenvalue weighted by atomic mass is 10.0. The third kappa shape index (κ3) is 2.80. The molecule has 0 bridgehead atoms. The van der Waals surface area contributed by atoms with E-state index in [1.54, 1.807) is 0 Å². The number of aryl methyl sites for hydroxylation is 2. The minimum Gasteiger partial charge on any atom is -0.481 e. The Morgan fingerprint density at radius 2 is 2.14 bits per heavy atom. The van der Waals surface area contributed by atoms with Gasteiger partial charge in [-0.3, -0.25) is 4.79 Å². The Morgan fingerprint density at radius 3 is 2.64 bits per heavy atom. The van der Waals surface area contributed by atoms with Gasteiger partial charge in [0.25, 0.3) is 0 Å². The molecule has 0 fully saturated rings.